The zero-order valence-electron chi connectivity index (χ0n) is 11.2. The van der Waals surface area contributed by atoms with Gasteiger partial charge in [0.1, 0.15) is 9.75 Å². The van der Waals surface area contributed by atoms with Crippen LogP contribution in [0.2, 0.25) is 0 Å². The predicted molar refractivity (Wildman–Crippen MR) is 69.4 cm³/mol. The Morgan fingerprint density at radius 3 is 1.70 bits per heavy atom. The van der Waals surface area contributed by atoms with Gasteiger partial charge in [-0.2, -0.15) is 26.3 Å². The lowest BCUT2D eigenvalue weighted by Crippen LogP contribution is -2.17. The fraction of sp³-hybridized carbons (Fsp3) is 0.462. The van der Waals surface area contributed by atoms with Crippen molar-refractivity contribution in [3.63, 3.8) is 0 Å². The van der Waals surface area contributed by atoms with Gasteiger partial charge < -0.3 is 5.11 Å². The molecular formula is C13H8Cl2F6O2. The Labute approximate surface area is 136 Å². The molecule has 1 aromatic rings. The molecule has 0 bridgehead atoms. The minimum Gasteiger partial charge on any atom is -0.481 e. The van der Waals surface area contributed by atoms with E-state index in [-0.39, 0.29) is 6.07 Å². The Balaban J connectivity index is 2.63. The molecule has 1 fully saturated rings. The van der Waals surface area contributed by atoms with Gasteiger partial charge in [-0.25, -0.2) is 0 Å². The van der Waals surface area contributed by atoms with Crippen LogP contribution in [0.25, 0.3) is 0 Å². The maximum absolute atomic E-state index is 12.8. The topological polar surface area (TPSA) is 37.3 Å². The second kappa shape index (κ2) is 4.92. The minimum atomic E-state index is -5.04. The maximum atomic E-state index is 12.8. The Hall–Kier alpha value is -1.15. The van der Waals surface area contributed by atoms with E-state index >= 15 is 0 Å². The van der Waals surface area contributed by atoms with E-state index in [9.17, 15) is 31.1 Å². The van der Waals surface area contributed by atoms with Crippen LogP contribution in [0.15, 0.2) is 18.2 Å². The molecule has 1 aromatic carbocycles. The molecule has 2 nitrogen and oxygen atoms in total. The number of hydrogen-bond acceptors (Lipinski definition) is 1. The summed E-state index contributed by atoms with van der Waals surface area (Å²) in [5.41, 5.74) is -5.51. The van der Waals surface area contributed by atoms with Crippen molar-refractivity contribution in [1.82, 2.24) is 0 Å². The molecule has 1 aliphatic carbocycles. The number of rotatable bonds is 2. The van der Waals surface area contributed by atoms with Gasteiger partial charge >= 0.3 is 18.3 Å². The fourth-order valence-electron chi connectivity index (χ4n) is 2.49. The van der Waals surface area contributed by atoms with Crippen molar-refractivity contribution in [2.45, 2.75) is 29.5 Å². The molecule has 2 unspecified atom stereocenters. The lowest BCUT2D eigenvalue weighted by atomic mass is 9.97. The van der Waals surface area contributed by atoms with Crippen molar-refractivity contribution in [2.75, 3.05) is 0 Å². The van der Waals surface area contributed by atoms with Crippen LogP contribution >= 0.6 is 23.2 Å². The standard InChI is InChI=1S/C13H8Cl2F6O2/c1-10(9(22)23)8(11(10,14)15)5-2-6(12(16,17)18)4-7(3-5)13(19,20)21/h2-4,8H,1H3,(H,22,23). The number of halogens is 8. The highest BCUT2D eigenvalue weighted by atomic mass is 35.5. The van der Waals surface area contributed by atoms with Crippen molar-refractivity contribution in [3.8, 4) is 0 Å². The first-order valence-electron chi connectivity index (χ1n) is 6.04. The van der Waals surface area contributed by atoms with Gasteiger partial charge in [0.25, 0.3) is 0 Å². The molecule has 0 saturated heterocycles. The van der Waals surface area contributed by atoms with E-state index in [0.717, 1.165) is 6.92 Å². The molecule has 23 heavy (non-hydrogen) atoms. The van der Waals surface area contributed by atoms with Crippen molar-refractivity contribution in [3.05, 3.63) is 34.9 Å². The van der Waals surface area contributed by atoms with Gasteiger partial charge in [-0.05, 0) is 30.7 Å². The average Bonchev–Trinajstić information content (AvgIpc) is 2.82. The third-order valence-corrected chi connectivity index (χ3v) is 5.16. The molecule has 1 saturated carbocycles. The molecule has 1 aliphatic rings. The van der Waals surface area contributed by atoms with Gasteiger partial charge in [-0.1, -0.05) is 23.2 Å². The second-order valence-corrected chi connectivity index (χ2v) is 6.79. The number of hydrogen-bond donors (Lipinski definition) is 1. The van der Waals surface area contributed by atoms with E-state index in [2.05, 4.69) is 0 Å². The van der Waals surface area contributed by atoms with Gasteiger partial charge in [0.15, 0.2) is 0 Å². The van der Waals surface area contributed by atoms with Gasteiger partial charge in [-0.3, -0.25) is 4.79 Å². The zero-order valence-corrected chi connectivity index (χ0v) is 12.7. The summed E-state index contributed by atoms with van der Waals surface area (Å²) >= 11 is 11.6. The molecule has 0 aromatic heterocycles. The first-order chi connectivity index (χ1) is 10.1. The van der Waals surface area contributed by atoms with E-state index in [1.807, 2.05) is 0 Å². The van der Waals surface area contributed by atoms with Crippen LogP contribution < -0.4 is 0 Å². The molecular weight excluding hydrogens is 373 g/mol. The Morgan fingerprint density at radius 1 is 1.04 bits per heavy atom. The Kier molecular flexibility index (Phi) is 3.89. The van der Waals surface area contributed by atoms with Gasteiger partial charge in [0.2, 0.25) is 0 Å². The number of carboxylic acids is 1. The first kappa shape index (κ1) is 18.2. The van der Waals surface area contributed by atoms with Gasteiger partial charge in [0, 0.05) is 5.92 Å². The normalized spacial score (nSPS) is 26.9. The summed E-state index contributed by atoms with van der Waals surface area (Å²) in [6, 6.07) is 0.829. The average molecular weight is 381 g/mol. The third kappa shape index (κ3) is 2.76. The number of carbonyl (C=O) groups is 1. The van der Waals surface area contributed by atoms with Crippen molar-refractivity contribution in [1.29, 1.82) is 0 Å². The van der Waals surface area contributed by atoms with Crippen LogP contribution in [0.1, 0.15) is 29.5 Å². The van der Waals surface area contributed by atoms with E-state index in [0.29, 0.717) is 12.1 Å². The molecule has 128 valence electrons. The molecule has 2 rings (SSSR count). The Bertz CT molecular complexity index is 635. The van der Waals surface area contributed by atoms with Crippen LogP contribution in [0, 0.1) is 5.41 Å². The largest absolute Gasteiger partial charge is 0.481 e. The maximum Gasteiger partial charge on any atom is 0.416 e. The van der Waals surface area contributed by atoms with Crippen LogP contribution in [0.3, 0.4) is 0 Å². The third-order valence-electron chi connectivity index (χ3n) is 3.94. The molecule has 0 heterocycles. The summed E-state index contributed by atoms with van der Waals surface area (Å²) in [7, 11) is 0. The lowest BCUT2D eigenvalue weighted by Gasteiger charge is -2.14. The number of carboxylic acid groups (broad SMARTS) is 1. The highest BCUT2D eigenvalue weighted by Gasteiger charge is 2.78. The van der Waals surface area contributed by atoms with Crippen molar-refractivity contribution < 1.29 is 36.2 Å². The second-order valence-electron chi connectivity index (χ2n) is 5.40. The quantitative estimate of drug-likeness (QED) is 0.573. The SMILES string of the molecule is CC1(C(=O)O)C(c2cc(C(F)(F)F)cc(C(F)(F)F)c2)C1(Cl)Cl. The van der Waals surface area contributed by atoms with E-state index in [4.69, 9.17) is 28.3 Å². The summed E-state index contributed by atoms with van der Waals surface area (Å²) in [6.45, 7) is 1.06. The summed E-state index contributed by atoms with van der Waals surface area (Å²) < 4.78 is 74.9. The molecule has 2 atom stereocenters. The number of alkyl halides is 8. The molecule has 0 aliphatic heterocycles. The summed E-state index contributed by atoms with van der Waals surface area (Å²) in [4.78, 5) is 11.2. The highest BCUT2D eigenvalue weighted by molar-refractivity contribution is 6.54. The highest BCUT2D eigenvalue weighted by Crippen LogP contribution is 2.74. The van der Waals surface area contributed by atoms with Gasteiger partial charge in [0.05, 0.1) is 11.1 Å². The number of benzene rings is 1. The van der Waals surface area contributed by atoms with Gasteiger partial charge in [-0.15, -0.1) is 0 Å². The van der Waals surface area contributed by atoms with Crippen LogP contribution in [-0.4, -0.2) is 15.4 Å². The first-order valence-corrected chi connectivity index (χ1v) is 6.79. The summed E-state index contributed by atoms with van der Waals surface area (Å²) in [6.07, 6.45) is -10.1. The molecule has 0 radical (unpaired) electrons. The molecule has 1 N–H and O–H groups in total. The smallest absolute Gasteiger partial charge is 0.416 e. The van der Waals surface area contributed by atoms with Crippen molar-refractivity contribution in [2.24, 2.45) is 5.41 Å². The molecule has 0 spiro atoms. The Morgan fingerprint density at radius 2 is 1.43 bits per heavy atom. The monoisotopic (exact) mass is 380 g/mol. The summed E-state index contributed by atoms with van der Waals surface area (Å²) in [5, 5.41) is 9.12. The zero-order chi connectivity index (χ0) is 18.0. The van der Waals surface area contributed by atoms with Crippen LogP contribution in [-0.2, 0) is 17.1 Å². The van der Waals surface area contributed by atoms with Crippen molar-refractivity contribution >= 4 is 29.2 Å². The lowest BCUT2D eigenvalue weighted by molar-refractivity contribution is -0.143. The van der Waals surface area contributed by atoms with E-state index in [1.54, 1.807) is 0 Å². The van der Waals surface area contributed by atoms with E-state index < -0.39 is 50.7 Å². The molecule has 0 amide bonds. The summed E-state index contributed by atoms with van der Waals surface area (Å²) in [5.74, 6) is -2.92. The molecule has 10 heteroatoms. The van der Waals surface area contributed by atoms with Crippen LogP contribution in [0.5, 0.6) is 0 Å². The number of aliphatic carboxylic acids is 1. The minimum absolute atomic E-state index is 0.0475. The van der Waals surface area contributed by atoms with E-state index in [1.165, 1.54) is 0 Å². The van der Waals surface area contributed by atoms with Crippen LogP contribution in [0.4, 0.5) is 26.3 Å². The fourth-order valence-corrected chi connectivity index (χ4v) is 3.44. The predicted octanol–water partition coefficient (Wildman–Crippen LogP) is 5.09.